The van der Waals surface area contributed by atoms with Gasteiger partial charge in [-0.3, -0.25) is 0 Å². The van der Waals surface area contributed by atoms with Gasteiger partial charge in [-0.2, -0.15) is 0 Å². The third-order valence-corrected chi connectivity index (χ3v) is 3.68. The van der Waals surface area contributed by atoms with Crippen molar-refractivity contribution in [1.82, 2.24) is 0 Å². The molecule has 96 valence electrons. The third kappa shape index (κ3) is 3.24. The molecule has 0 amide bonds. The Bertz CT molecular complexity index is 483. The number of thiophene rings is 1. The van der Waals surface area contributed by atoms with Crippen molar-refractivity contribution < 1.29 is 14.8 Å². The Balaban J connectivity index is 1.96. The van der Waals surface area contributed by atoms with Crippen LogP contribution in [0.4, 0.5) is 0 Å². The Labute approximate surface area is 111 Å². The summed E-state index contributed by atoms with van der Waals surface area (Å²) in [6, 6.07) is 10.2. The van der Waals surface area contributed by atoms with Crippen LogP contribution in [0, 0.1) is 0 Å². The van der Waals surface area contributed by atoms with Crippen molar-refractivity contribution in [3.63, 3.8) is 0 Å². The molecule has 0 aliphatic carbocycles. The number of rotatable bonds is 6. The summed E-state index contributed by atoms with van der Waals surface area (Å²) in [6.07, 6.45) is 0. The number of nitrogens with two attached hydrogens (primary N) is 1. The largest absolute Gasteiger partial charge is 0.497 e. The van der Waals surface area contributed by atoms with Crippen molar-refractivity contribution in [3.05, 3.63) is 46.2 Å². The summed E-state index contributed by atoms with van der Waals surface area (Å²) in [4.78, 5) is 1.39. The van der Waals surface area contributed by atoms with E-state index in [1.807, 2.05) is 12.1 Å². The highest BCUT2D eigenvalue weighted by molar-refractivity contribution is 7.09. The number of hydrogen-bond donors (Lipinski definition) is 1. The Morgan fingerprint density at radius 3 is 2.67 bits per heavy atom. The lowest BCUT2D eigenvalue weighted by molar-refractivity contribution is -0.685. The Kier molecular flexibility index (Phi) is 4.61. The summed E-state index contributed by atoms with van der Waals surface area (Å²) in [5.41, 5.74) is 1.19. The molecule has 0 atom stereocenters. The van der Waals surface area contributed by atoms with Crippen LogP contribution in [0.1, 0.15) is 10.4 Å². The number of hydrogen-bond acceptors (Lipinski definition) is 3. The highest BCUT2D eigenvalue weighted by Crippen LogP contribution is 2.23. The fourth-order valence-corrected chi connectivity index (χ4v) is 2.52. The smallest absolute Gasteiger partial charge is 0.131 e. The van der Waals surface area contributed by atoms with Crippen LogP contribution in [0.3, 0.4) is 0 Å². The summed E-state index contributed by atoms with van der Waals surface area (Å²) < 4.78 is 10.6. The molecule has 0 aliphatic rings. The first-order valence-corrected chi connectivity index (χ1v) is 6.76. The molecule has 0 saturated carbocycles. The maximum absolute atomic E-state index is 5.38. The average molecular weight is 264 g/mol. The molecular formula is C14H18NO2S+. The zero-order valence-electron chi connectivity index (χ0n) is 10.7. The SMILES string of the molecule is COc1ccc(C[NH2+]Cc2cccs2)c(OC)c1. The van der Waals surface area contributed by atoms with Gasteiger partial charge in [0.1, 0.15) is 24.6 Å². The minimum absolute atomic E-state index is 0.828. The maximum Gasteiger partial charge on any atom is 0.131 e. The van der Waals surface area contributed by atoms with Crippen molar-refractivity contribution in [2.75, 3.05) is 14.2 Å². The van der Waals surface area contributed by atoms with E-state index >= 15 is 0 Å². The lowest BCUT2D eigenvalue weighted by atomic mass is 10.2. The van der Waals surface area contributed by atoms with Gasteiger partial charge in [-0.25, -0.2) is 0 Å². The molecule has 1 aromatic carbocycles. The quantitative estimate of drug-likeness (QED) is 0.866. The van der Waals surface area contributed by atoms with Gasteiger partial charge in [0, 0.05) is 11.6 Å². The second-order valence-corrected chi connectivity index (χ2v) is 4.99. The molecule has 0 aliphatic heterocycles. The molecule has 4 heteroatoms. The van der Waals surface area contributed by atoms with Gasteiger partial charge in [-0.05, 0) is 23.6 Å². The van der Waals surface area contributed by atoms with Crippen LogP contribution in [0.2, 0.25) is 0 Å². The summed E-state index contributed by atoms with van der Waals surface area (Å²) in [5, 5.41) is 4.38. The Morgan fingerprint density at radius 1 is 1.11 bits per heavy atom. The van der Waals surface area contributed by atoms with Crippen LogP contribution in [-0.4, -0.2) is 14.2 Å². The molecule has 0 saturated heterocycles. The van der Waals surface area contributed by atoms with Gasteiger partial charge in [0.05, 0.1) is 19.1 Å². The molecule has 18 heavy (non-hydrogen) atoms. The van der Waals surface area contributed by atoms with E-state index in [-0.39, 0.29) is 0 Å². The normalized spacial score (nSPS) is 10.3. The van der Waals surface area contributed by atoms with Gasteiger partial charge in [0.15, 0.2) is 0 Å². The molecule has 1 aromatic heterocycles. The van der Waals surface area contributed by atoms with Crippen molar-refractivity contribution in [3.8, 4) is 11.5 Å². The van der Waals surface area contributed by atoms with E-state index in [0.29, 0.717) is 0 Å². The zero-order valence-corrected chi connectivity index (χ0v) is 11.5. The number of ether oxygens (including phenoxy) is 2. The van der Waals surface area contributed by atoms with Crippen molar-refractivity contribution in [2.24, 2.45) is 0 Å². The highest BCUT2D eigenvalue weighted by Gasteiger charge is 2.06. The highest BCUT2D eigenvalue weighted by atomic mass is 32.1. The topological polar surface area (TPSA) is 35.1 Å². The lowest BCUT2D eigenvalue weighted by Gasteiger charge is -2.09. The third-order valence-electron chi connectivity index (χ3n) is 2.78. The Morgan fingerprint density at radius 2 is 2.00 bits per heavy atom. The fraction of sp³-hybridized carbons (Fsp3) is 0.286. The van der Waals surface area contributed by atoms with Gasteiger partial charge in [-0.15, -0.1) is 11.3 Å². The van der Waals surface area contributed by atoms with Gasteiger partial charge >= 0.3 is 0 Å². The summed E-state index contributed by atoms with van der Waals surface area (Å²) in [7, 11) is 3.36. The average Bonchev–Trinajstić information content (AvgIpc) is 2.92. The lowest BCUT2D eigenvalue weighted by Crippen LogP contribution is -2.80. The van der Waals surface area contributed by atoms with E-state index in [0.717, 1.165) is 24.6 Å². The van der Waals surface area contributed by atoms with Crippen molar-refractivity contribution in [2.45, 2.75) is 13.1 Å². The van der Waals surface area contributed by atoms with Crippen molar-refractivity contribution in [1.29, 1.82) is 0 Å². The second-order valence-electron chi connectivity index (χ2n) is 3.95. The van der Waals surface area contributed by atoms with E-state index in [1.165, 1.54) is 10.4 Å². The molecule has 2 N–H and O–H groups in total. The number of quaternary nitrogens is 1. The van der Waals surface area contributed by atoms with E-state index < -0.39 is 0 Å². The van der Waals surface area contributed by atoms with Crippen LogP contribution in [0.15, 0.2) is 35.7 Å². The van der Waals surface area contributed by atoms with Crippen LogP contribution >= 0.6 is 11.3 Å². The second kappa shape index (κ2) is 6.42. The predicted octanol–water partition coefficient (Wildman–Crippen LogP) is 2.03. The van der Waals surface area contributed by atoms with E-state index in [9.17, 15) is 0 Å². The Hall–Kier alpha value is -1.52. The first-order chi connectivity index (χ1) is 8.83. The van der Waals surface area contributed by atoms with Crippen molar-refractivity contribution >= 4 is 11.3 Å². The maximum atomic E-state index is 5.38. The molecule has 2 aromatic rings. The molecular weight excluding hydrogens is 246 g/mol. The first kappa shape index (κ1) is 12.9. The molecule has 0 fully saturated rings. The van der Waals surface area contributed by atoms with Crippen LogP contribution in [0.5, 0.6) is 11.5 Å². The van der Waals surface area contributed by atoms with Crippen LogP contribution in [-0.2, 0) is 13.1 Å². The monoisotopic (exact) mass is 264 g/mol. The van der Waals surface area contributed by atoms with Gasteiger partial charge in [-0.1, -0.05) is 6.07 Å². The molecule has 0 bridgehead atoms. The zero-order chi connectivity index (χ0) is 12.8. The van der Waals surface area contributed by atoms with E-state index in [4.69, 9.17) is 9.47 Å². The summed E-state index contributed by atoms with van der Waals surface area (Å²) in [5.74, 6) is 1.71. The van der Waals surface area contributed by atoms with Gasteiger partial charge in [0.25, 0.3) is 0 Å². The van der Waals surface area contributed by atoms with Gasteiger partial charge < -0.3 is 14.8 Å². The molecule has 1 heterocycles. The minimum Gasteiger partial charge on any atom is -0.497 e. The molecule has 0 radical (unpaired) electrons. The summed E-state index contributed by atoms with van der Waals surface area (Å²) in [6.45, 7) is 1.91. The van der Waals surface area contributed by atoms with Crippen LogP contribution in [0.25, 0.3) is 0 Å². The van der Waals surface area contributed by atoms with E-state index in [1.54, 1.807) is 25.6 Å². The standard InChI is InChI=1S/C14H17NO2S/c1-16-12-6-5-11(14(8-12)17-2)9-15-10-13-4-3-7-18-13/h3-8,15H,9-10H2,1-2H3/p+1. The molecule has 3 nitrogen and oxygen atoms in total. The predicted molar refractivity (Wildman–Crippen MR) is 73.2 cm³/mol. The number of methoxy groups -OCH3 is 2. The number of benzene rings is 1. The minimum atomic E-state index is 0.828. The molecule has 0 unspecified atom stereocenters. The van der Waals surface area contributed by atoms with E-state index in [2.05, 4.69) is 28.9 Å². The summed E-state index contributed by atoms with van der Waals surface area (Å²) >= 11 is 1.79. The van der Waals surface area contributed by atoms with Gasteiger partial charge in [0.2, 0.25) is 0 Å². The first-order valence-electron chi connectivity index (χ1n) is 5.88. The molecule has 0 spiro atoms. The molecule has 2 rings (SSSR count). The van der Waals surface area contributed by atoms with Crippen LogP contribution < -0.4 is 14.8 Å². The fourth-order valence-electron chi connectivity index (χ4n) is 1.82.